The van der Waals surface area contributed by atoms with Crippen LogP contribution in [0.25, 0.3) is 0 Å². The Kier molecular flexibility index (Phi) is 4.24. The zero-order valence-electron chi connectivity index (χ0n) is 16.3. The molecule has 2 aliphatic heterocycles. The summed E-state index contributed by atoms with van der Waals surface area (Å²) in [6, 6.07) is 0. The van der Waals surface area contributed by atoms with Crippen molar-refractivity contribution in [2.75, 3.05) is 24.5 Å². The fraction of sp³-hybridized carbons (Fsp3) is 0.700. The molecule has 2 fully saturated rings. The van der Waals surface area contributed by atoms with Gasteiger partial charge in [0, 0.05) is 44.4 Å². The summed E-state index contributed by atoms with van der Waals surface area (Å²) in [5.41, 5.74) is 0.529. The number of fused-ring (bicyclic) bond motifs is 2. The predicted octanol–water partition coefficient (Wildman–Crippen LogP) is 2.68. The molecule has 0 radical (unpaired) electrons. The second-order valence-electron chi connectivity index (χ2n) is 8.49. The van der Waals surface area contributed by atoms with E-state index in [1.54, 1.807) is 0 Å². The zero-order chi connectivity index (χ0) is 18.5. The van der Waals surface area contributed by atoms with E-state index in [0.717, 1.165) is 56.2 Å². The second kappa shape index (κ2) is 6.32. The van der Waals surface area contributed by atoms with Crippen LogP contribution in [0.3, 0.4) is 0 Å². The van der Waals surface area contributed by atoms with E-state index in [1.165, 1.54) is 0 Å². The van der Waals surface area contributed by atoms with E-state index in [2.05, 4.69) is 35.6 Å². The van der Waals surface area contributed by atoms with Gasteiger partial charge in [-0.3, -0.25) is 14.7 Å². The van der Waals surface area contributed by atoms with Gasteiger partial charge in [-0.1, -0.05) is 20.8 Å². The molecule has 1 aromatic heterocycles. The number of rotatable bonds is 4. The first-order valence-electron chi connectivity index (χ1n) is 9.89. The van der Waals surface area contributed by atoms with Crippen molar-refractivity contribution in [1.29, 1.82) is 0 Å². The lowest BCUT2D eigenvalue weighted by molar-refractivity contribution is -0.132. The minimum absolute atomic E-state index is 0.238. The Bertz CT molecular complexity index is 728. The van der Waals surface area contributed by atoms with Crippen LogP contribution in [0.2, 0.25) is 0 Å². The van der Waals surface area contributed by atoms with E-state index in [1.807, 2.05) is 24.2 Å². The van der Waals surface area contributed by atoms with Crippen LogP contribution in [-0.4, -0.2) is 51.8 Å². The van der Waals surface area contributed by atoms with Crippen LogP contribution in [0.4, 0.5) is 5.95 Å². The first-order valence-corrected chi connectivity index (χ1v) is 9.89. The summed E-state index contributed by atoms with van der Waals surface area (Å²) in [5, 5.41) is 0. The molecule has 1 saturated carbocycles. The normalized spacial score (nSPS) is 30.7. The highest BCUT2D eigenvalue weighted by molar-refractivity contribution is 6.08. The molecule has 3 atom stereocenters. The van der Waals surface area contributed by atoms with Crippen LogP contribution in [0, 0.1) is 24.7 Å². The van der Waals surface area contributed by atoms with E-state index >= 15 is 0 Å². The van der Waals surface area contributed by atoms with Gasteiger partial charge < -0.3 is 4.90 Å². The summed E-state index contributed by atoms with van der Waals surface area (Å²) in [5.74, 6) is 3.23. The smallest absolute Gasteiger partial charge is 0.256 e. The summed E-state index contributed by atoms with van der Waals surface area (Å²) in [6.07, 6.45) is 6.51. The largest absolute Gasteiger partial charge is 0.340 e. The molecule has 1 spiro atoms. The molecule has 3 aliphatic rings. The van der Waals surface area contributed by atoms with Gasteiger partial charge in [0.15, 0.2) is 0 Å². The lowest BCUT2D eigenvalue weighted by atomic mass is 9.85. The molecule has 0 N–H and O–H groups in total. The van der Waals surface area contributed by atoms with Crippen molar-refractivity contribution >= 4 is 17.7 Å². The van der Waals surface area contributed by atoms with Crippen molar-refractivity contribution in [2.24, 2.45) is 22.7 Å². The lowest BCUT2D eigenvalue weighted by Gasteiger charge is -2.28. The van der Waals surface area contributed by atoms with Crippen molar-refractivity contribution in [3.8, 4) is 0 Å². The van der Waals surface area contributed by atoms with E-state index in [9.17, 15) is 4.79 Å². The van der Waals surface area contributed by atoms with Crippen molar-refractivity contribution in [3.05, 3.63) is 18.0 Å². The van der Waals surface area contributed by atoms with Crippen LogP contribution in [0.15, 0.2) is 17.4 Å². The molecular formula is C20H29N5O. The van der Waals surface area contributed by atoms with Crippen molar-refractivity contribution in [1.82, 2.24) is 14.9 Å². The number of hydrogen-bond acceptors (Lipinski definition) is 5. The van der Waals surface area contributed by atoms with Crippen LogP contribution < -0.4 is 4.90 Å². The molecule has 1 aliphatic carbocycles. The molecule has 0 bridgehead atoms. The van der Waals surface area contributed by atoms with Gasteiger partial charge in [0.1, 0.15) is 11.4 Å². The van der Waals surface area contributed by atoms with Gasteiger partial charge in [0.05, 0.1) is 0 Å². The van der Waals surface area contributed by atoms with E-state index < -0.39 is 5.54 Å². The molecule has 0 unspecified atom stereocenters. The van der Waals surface area contributed by atoms with Crippen LogP contribution >= 0.6 is 0 Å². The summed E-state index contributed by atoms with van der Waals surface area (Å²) in [7, 11) is 0. The highest BCUT2D eigenvalue weighted by Crippen LogP contribution is 2.50. The van der Waals surface area contributed by atoms with Gasteiger partial charge in [-0.05, 0) is 37.2 Å². The number of nitrogens with zero attached hydrogens (tertiary/aromatic N) is 5. The van der Waals surface area contributed by atoms with Crippen molar-refractivity contribution in [3.63, 3.8) is 0 Å². The van der Waals surface area contributed by atoms with Gasteiger partial charge in [0.25, 0.3) is 5.91 Å². The van der Waals surface area contributed by atoms with Gasteiger partial charge in [-0.15, -0.1) is 0 Å². The first kappa shape index (κ1) is 17.4. The number of amides is 1. The number of carbonyl (C=O) groups is 1. The summed E-state index contributed by atoms with van der Waals surface area (Å²) in [6.45, 7) is 11.0. The maximum absolute atomic E-state index is 13.4. The Labute approximate surface area is 155 Å². The Balaban J connectivity index is 1.60. The molecule has 140 valence electrons. The molecular weight excluding hydrogens is 326 g/mol. The first-order chi connectivity index (χ1) is 12.4. The number of carbonyl (C=O) groups excluding carboxylic acids is 1. The van der Waals surface area contributed by atoms with Crippen LogP contribution in [0.5, 0.6) is 0 Å². The summed E-state index contributed by atoms with van der Waals surface area (Å²) >= 11 is 0. The predicted molar refractivity (Wildman–Crippen MR) is 102 cm³/mol. The van der Waals surface area contributed by atoms with Crippen LogP contribution in [-0.2, 0) is 4.79 Å². The third kappa shape index (κ3) is 2.61. The number of aryl methyl sites for hydroxylation is 1. The highest BCUT2D eigenvalue weighted by atomic mass is 16.2. The molecule has 3 heterocycles. The number of anilines is 1. The topological polar surface area (TPSA) is 61.7 Å². The van der Waals surface area contributed by atoms with Gasteiger partial charge >= 0.3 is 0 Å². The Morgan fingerprint density at radius 3 is 2.65 bits per heavy atom. The number of amidine groups is 1. The molecule has 1 amide bonds. The minimum Gasteiger partial charge on any atom is -0.340 e. The Morgan fingerprint density at radius 2 is 2.00 bits per heavy atom. The SMILES string of the molecule is CCC1=N[C@@]2(CC[C@@H]3CN(c4ncc(C)cn4)C[C@@H]32)C(=O)N1CC(C)C. The second-order valence-corrected chi connectivity index (χ2v) is 8.49. The number of aromatic nitrogens is 2. The quantitative estimate of drug-likeness (QED) is 0.833. The van der Waals surface area contributed by atoms with Gasteiger partial charge in [-0.2, -0.15) is 0 Å². The van der Waals surface area contributed by atoms with Crippen molar-refractivity contribution in [2.45, 2.75) is 52.5 Å². The lowest BCUT2D eigenvalue weighted by Crippen LogP contribution is -2.47. The maximum atomic E-state index is 13.4. The Hall–Kier alpha value is -1.98. The zero-order valence-corrected chi connectivity index (χ0v) is 16.3. The fourth-order valence-corrected chi connectivity index (χ4v) is 4.93. The van der Waals surface area contributed by atoms with E-state index in [0.29, 0.717) is 11.8 Å². The molecule has 0 aromatic carbocycles. The summed E-state index contributed by atoms with van der Waals surface area (Å²) in [4.78, 5) is 31.7. The monoisotopic (exact) mass is 355 g/mol. The maximum Gasteiger partial charge on any atom is 0.256 e. The summed E-state index contributed by atoms with van der Waals surface area (Å²) < 4.78 is 0. The third-order valence-corrected chi connectivity index (χ3v) is 6.12. The van der Waals surface area contributed by atoms with E-state index in [4.69, 9.17) is 4.99 Å². The standard InChI is InChI=1S/C20H29N5O/c1-5-17-23-20(18(26)25(17)10-13(2)3)7-6-15-11-24(12-16(15)20)19-21-8-14(4)9-22-19/h8-9,13,15-16H,5-7,10-12H2,1-4H3/t15-,16+,20-/m1/s1. The molecule has 1 saturated heterocycles. The minimum atomic E-state index is -0.537. The highest BCUT2D eigenvalue weighted by Gasteiger charge is 2.61. The average Bonchev–Trinajstić information content (AvgIpc) is 3.25. The van der Waals surface area contributed by atoms with E-state index in [-0.39, 0.29) is 11.8 Å². The molecule has 4 rings (SSSR count). The molecule has 26 heavy (non-hydrogen) atoms. The fourth-order valence-electron chi connectivity index (χ4n) is 4.93. The van der Waals surface area contributed by atoms with Crippen LogP contribution in [0.1, 0.15) is 45.6 Å². The number of aliphatic imine (C=N–C) groups is 1. The molecule has 1 aromatic rings. The van der Waals surface area contributed by atoms with Gasteiger partial charge in [0.2, 0.25) is 5.95 Å². The van der Waals surface area contributed by atoms with Crippen molar-refractivity contribution < 1.29 is 4.79 Å². The Morgan fingerprint density at radius 1 is 1.27 bits per heavy atom. The number of hydrogen-bond donors (Lipinski definition) is 0. The molecule has 6 heteroatoms. The average molecular weight is 355 g/mol. The third-order valence-electron chi connectivity index (χ3n) is 6.12. The van der Waals surface area contributed by atoms with Gasteiger partial charge in [-0.25, -0.2) is 9.97 Å². The molecule has 6 nitrogen and oxygen atoms in total.